The molecule has 6 atom stereocenters. The molecule has 12 nitrogen and oxygen atoms in total. The van der Waals surface area contributed by atoms with Gasteiger partial charge in [-0.2, -0.15) is 10.1 Å². The van der Waals surface area contributed by atoms with E-state index in [-0.39, 0.29) is 51.4 Å². The van der Waals surface area contributed by atoms with E-state index in [4.69, 9.17) is 37.4 Å². The zero-order valence-corrected chi connectivity index (χ0v) is 28.0. The number of nitrogens with one attached hydrogen (secondary N) is 1. The molecule has 4 amide bonds. The zero-order valence-electron chi connectivity index (χ0n) is 26.5. The van der Waals surface area contributed by atoms with Crippen molar-refractivity contribution in [3.63, 3.8) is 0 Å². The summed E-state index contributed by atoms with van der Waals surface area (Å²) in [4.78, 5) is 56.5. The number of aromatic hydroxyl groups is 1. The number of hydrazine groups is 1. The fourth-order valence-electron chi connectivity index (χ4n) is 8.31. The molecule has 7 rings (SSSR count). The van der Waals surface area contributed by atoms with Gasteiger partial charge in [-0.1, -0.05) is 47.0 Å². The normalized spacial score (nSPS) is 27.4. The Balaban J connectivity index is 1.52. The third-order valence-electron chi connectivity index (χ3n) is 10.4. The highest BCUT2D eigenvalue weighted by atomic mass is 35.5. The van der Waals surface area contributed by atoms with Gasteiger partial charge in [0.15, 0.2) is 0 Å². The van der Waals surface area contributed by atoms with Gasteiger partial charge in [0.2, 0.25) is 0 Å². The van der Waals surface area contributed by atoms with Crippen LogP contribution in [0.5, 0.6) is 23.0 Å². The van der Waals surface area contributed by atoms with Gasteiger partial charge in [0, 0.05) is 28.6 Å². The van der Waals surface area contributed by atoms with E-state index in [9.17, 15) is 24.7 Å². The molecule has 0 radical (unpaired) electrons. The van der Waals surface area contributed by atoms with Crippen molar-refractivity contribution in [3.8, 4) is 23.0 Å². The number of ether oxygens (including phenoxy) is 3. The summed E-state index contributed by atoms with van der Waals surface area (Å²) in [5, 5.41) is 23.7. The largest absolute Gasteiger partial charge is 0.507 e. The number of phenols is 1. The highest BCUT2D eigenvalue weighted by Crippen LogP contribution is 2.66. The van der Waals surface area contributed by atoms with Gasteiger partial charge >= 0.3 is 0 Å². The van der Waals surface area contributed by atoms with Crippen LogP contribution < -0.4 is 19.6 Å². The Bertz CT molecular complexity index is 1950. The van der Waals surface area contributed by atoms with Crippen molar-refractivity contribution in [3.05, 3.63) is 87.4 Å². The molecule has 1 saturated carbocycles. The lowest BCUT2D eigenvalue weighted by atomic mass is 9.49. The second-order valence-electron chi connectivity index (χ2n) is 12.5. The molecule has 3 fully saturated rings. The smallest absolute Gasteiger partial charge is 0.260 e. The predicted octanol–water partition coefficient (Wildman–Crippen LogP) is 5.10. The summed E-state index contributed by atoms with van der Waals surface area (Å²) in [6.45, 7) is 0. The third kappa shape index (κ3) is 4.68. The Morgan fingerprint density at radius 1 is 0.857 bits per heavy atom. The van der Waals surface area contributed by atoms with E-state index in [2.05, 4.69) is 5.43 Å². The van der Waals surface area contributed by atoms with Gasteiger partial charge in [-0.25, -0.2) is 0 Å². The Morgan fingerprint density at radius 3 is 2.22 bits per heavy atom. The second-order valence-corrected chi connectivity index (χ2v) is 13.3. The van der Waals surface area contributed by atoms with E-state index < -0.39 is 58.6 Å². The fraction of sp³-hybridized carbons (Fsp3) is 0.314. The highest BCUT2D eigenvalue weighted by molar-refractivity contribution is 6.36. The van der Waals surface area contributed by atoms with Crippen LogP contribution in [-0.4, -0.2) is 65.3 Å². The van der Waals surface area contributed by atoms with E-state index >= 15 is 4.79 Å². The number of phenolic OH excluding ortho intramolecular Hbond substituents is 1. The number of rotatable bonds is 7. The van der Waals surface area contributed by atoms with Crippen LogP contribution in [0.25, 0.3) is 0 Å². The number of fused-ring (bicyclic) bond motifs is 4. The van der Waals surface area contributed by atoms with E-state index in [1.165, 1.54) is 39.5 Å². The molecule has 2 saturated heterocycles. The van der Waals surface area contributed by atoms with Gasteiger partial charge in [-0.15, -0.1) is 0 Å². The molecular formula is C35H31Cl2N3O9. The standard InChI is InChI=1S/C35H31Cl2N3O9/c1-47-18-7-4-16(5-8-18)35-23(32(43)39(34(35)45)38-25-11-6-17(36)12-24(25)37)15-22-20(9-10-21-28(22)33(44)40(46)31(21)42)30(35)29-26(41)13-19(48-2)14-27(29)49-3/h4-9,11-14,21-23,28,30,38,41,46H,10,15H2,1-3H3. The minimum Gasteiger partial charge on any atom is -0.507 e. The van der Waals surface area contributed by atoms with Gasteiger partial charge < -0.3 is 19.3 Å². The SMILES string of the molecule is COc1ccc(C23C(=O)N(Nc4ccc(Cl)cc4Cl)C(=O)C2CC2C(=CCC4C(=O)N(O)C(=O)C42)C3c2c(O)cc(OC)cc2OC)cc1. The van der Waals surface area contributed by atoms with Crippen molar-refractivity contribution in [1.29, 1.82) is 0 Å². The predicted molar refractivity (Wildman–Crippen MR) is 175 cm³/mol. The number of halogens is 2. The van der Waals surface area contributed by atoms with Crippen molar-refractivity contribution in [2.45, 2.75) is 24.2 Å². The van der Waals surface area contributed by atoms with Gasteiger partial charge in [-0.05, 0) is 54.7 Å². The average molecular weight is 709 g/mol. The molecule has 2 heterocycles. The number of allylic oxidation sites excluding steroid dienone is 2. The first-order chi connectivity index (χ1) is 23.5. The van der Waals surface area contributed by atoms with Crippen LogP contribution in [0.3, 0.4) is 0 Å². The number of hydroxylamine groups is 2. The first-order valence-electron chi connectivity index (χ1n) is 15.4. The van der Waals surface area contributed by atoms with Gasteiger partial charge in [0.1, 0.15) is 23.0 Å². The maximum Gasteiger partial charge on any atom is 0.260 e. The minimum absolute atomic E-state index is 0.0290. The summed E-state index contributed by atoms with van der Waals surface area (Å²) in [7, 11) is 4.34. The summed E-state index contributed by atoms with van der Waals surface area (Å²) >= 11 is 12.6. The number of hydrogen-bond donors (Lipinski definition) is 3. The van der Waals surface area contributed by atoms with Crippen LogP contribution in [0, 0.1) is 23.7 Å². The molecule has 49 heavy (non-hydrogen) atoms. The van der Waals surface area contributed by atoms with Gasteiger partial charge in [0.05, 0.1) is 55.2 Å². The number of amides is 4. The van der Waals surface area contributed by atoms with Crippen LogP contribution in [0.2, 0.25) is 10.0 Å². The Labute approximate surface area is 290 Å². The van der Waals surface area contributed by atoms with E-state index in [1.54, 1.807) is 42.5 Å². The second kappa shape index (κ2) is 12.0. The van der Waals surface area contributed by atoms with Crippen molar-refractivity contribution >= 4 is 52.5 Å². The first kappa shape index (κ1) is 32.8. The summed E-state index contributed by atoms with van der Waals surface area (Å²) in [5.74, 6) is -6.99. The summed E-state index contributed by atoms with van der Waals surface area (Å²) in [5.41, 5.74) is 2.59. The Hall–Kier alpha value is -4.78. The van der Waals surface area contributed by atoms with Gasteiger partial charge in [-0.3, -0.25) is 29.8 Å². The van der Waals surface area contributed by atoms with Crippen LogP contribution >= 0.6 is 23.2 Å². The molecule has 2 aliphatic carbocycles. The maximum atomic E-state index is 15.3. The molecule has 3 aromatic carbocycles. The van der Waals surface area contributed by atoms with Crippen molar-refractivity contribution in [2.24, 2.45) is 23.7 Å². The number of carbonyl (C=O) groups is 4. The van der Waals surface area contributed by atoms with E-state index in [0.29, 0.717) is 21.9 Å². The van der Waals surface area contributed by atoms with Crippen LogP contribution in [-0.2, 0) is 24.6 Å². The quantitative estimate of drug-likeness (QED) is 0.172. The third-order valence-corrected chi connectivity index (χ3v) is 10.9. The molecule has 0 bridgehead atoms. The average Bonchev–Trinajstić information content (AvgIpc) is 3.45. The molecule has 3 aromatic rings. The molecule has 0 aromatic heterocycles. The minimum atomic E-state index is -1.73. The Kier molecular flexibility index (Phi) is 8.00. The highest BCUT2D eigenvalue weighted by Gasteiger charge is 2.71. The molecule has 254 valence electrons. The molecule has 3 N–H and O–H groups in total. The zero-order chi connectivity index (χ0) is 34.9. The summed E-state index contributed by atoms with van der Waals surface area (Å²) in [6, 6.07) is 14.2. The monoisotopic (exact) mass is 707 g/mol. The van der Waals surface area contributed by atoms with Crippen LogP contribution in [0.4, 0.5) is 5.69 Å². The molecule has 4 aliphatic rings. The number of benzene rings is 3. The van der Waals surface area contributed by atoms with Crippen molar-refractivity contribution in [1.82, 2.24) is 10.1 Å². The van der Waals surface area contributed by atoms with E-state index in [1.807, 2.05) is 0 Å². The number of carbonyl (C=O) groups excluding carboxylic acids is 4. The molecular weight excluding hydrogens is 677 g/mol. The topological polar surface area (TPSA) is 155 Å². The first-order valence-corrected chi connectivity index (χ1v) is 16.2. The lowest BCUT2D eigenvalue weighted by Gasteiger charge is -2.50. The fourth-order valence-corrected chi connectivity index (χ4v) is 8.76. The number of anilines is 1. The van der Waals surface area contributed by atoms with E-state index in [0.717, 1.165) is 5.01 Å². The number of nitrogens with zero attached hydrogens (tertiary/aromatic N) is 2. The lowest BCUT2D eigenvalue weighted by molar-refractivity contribution is -0.173. The number of methoxy groups -OCH3 is 3. The molecule has 0 spiro atoms. The van der Waals surface area contributed by atoms with Crippen LogP contribution in [0.1, 0.15) is 29.9 Å². The summed E-state index contributed by atoms with van der Waals surface area (Å²) < 4.78 is 16.6. The van der Waals surface area contributed by atoms with Crippen LogP contribution in [0.15, 0.2) is 66.2 Å². The van der Waals surface area contributed by atoms with Crippen molar-refractivity contribution in [2.75, 3.05) is 26.8 Å². The Morgan fingerprint density at radius 2 is 1.57 bits per heavy atom. The molecule has 6 unspecified atom stereocenters. The number of hydrogen-bond acceptors (Lipinski definition) is 10. The summed E-state index contributed by atoms with van der Waals surface area (Å²) in [6.07, 6.45) is 1.84. The molecule has 2 aliphatic heterocycles. The number of imide groups is 2. The van der Waals surface area contributed by atoms with Crippen molar-refractivity contribution < 1.29 is 43.7 Å². The lowest BCUT2D eigenvalue weighted by Crippen LogP contribution is -2.53. The maximum absolute atomic E-state index is 15.3. The van der Waals surface area contributed by atoms with Gasteiger partial charge in [0.25, 0.3) is 23.6 Å². The molecule has 14 heteroatoms.